The molecule has 3 aromatic rings. The molecule has 9 heteroatoms. The predicted octanol–water partition coefficient (Wildman–Crippen LogP) is 1.31. The number of aromatic nitrogens is 3. The number of carbonyl (C=O) groups excluding carboxylic acids is 1. The first kappa shape index (κ1) is 19.7. The maximum Gasteiger partial charge on any atom is 0.251 e. The quantitative estimate of drug-likeness (QED) is 0.594. The van der Waals surface area contributed by atoms with E-state index in [-0.39, 0.29) is 18.2 Å². The Labute approximate surface area is 163 Å². The fourth-order valence-electron chi connectivity index (χ4n) is 2.69. The summed E-state index contributed by atoms with van der Waals surface area (Å²) in [5.41, 5.74) is 2.95. The molecule has 0 atom stereocenters. The third-order valence-electron chi connectivity index (χ3n) is 4.24. The molecule has 0 bridgehead atoms. The number of hydrogen-bond donors (Lipinski definition) is 2. The largest absolute Gasteiger partial charge is 0.348 e. The minimum Gasteiger partial charge on any atom is -0.348 e. The molecule has 1 aromatic heterocycles. The Morgan fingerprint density at radius 2 is 1.79 bits per heavy atom. The predicted molar refractivity (Wildman–Crippen MR) is 105 cm³/mol. The average Bonchev–Trinajstić information content (AvgIpc) is 3.20. The molecule has 8 nitrogen and oxygen atoms in total. The van der Waals surface area contributed by atoms with E-state index in [1.165, 1.54) is 13.4 Å². The van der Waals surface area contributed by atoms with Gasteiger partial charge in [0, 0.05) is 12.1 Å². The van der Waals surface area contributed by atoms with Gasteiger partial charge in [-0.15, -0.1) is 0 Å². The summed E-state index contributed by atoms with van der Waals surface area (Å²) in [5, 5.41) is 6.89. The van der Waals surface area contributed by atoms with Crippen LogP contribution in [0.2, 0.25) is 0 Å². The van der Waals surface area contributed by atoms with Crippen LogP contribution in [0, 0.1) is 0 Å². The molecule has 1 heterocycles. The Morgan fingerprint density at radius 1 is 1.07 bits per heavy atom. The summed E-state index contributed by atoms with van der Waals surface area (Å²) in [5.74, 6) is -0.356. The maximum absolute atomic E-state index is 12.4. The summed E-state index contributed by atoms with van der Waals surface area (Å²) in [6.45, 7) is 0.824. The van der Waals surface area contributed by atoms with Gasteiger partial charge in [-0.2, -0.15) is 5.10 Å². The van der Waals surface area contributed by atoms with E-state index >= 15 is 0 Å². The second-order valence-electron chi connectivity index (χ2n) is 6.20. The van der Waals surface area contributed by atoms with Crippen molar-refractivity contribution >= 4 is 15.9 Å². The number of nitrogens with zero attached hydrogens (tertiary/aromatic N) is 3. The monoisotopic (exact) mass is 399 g/mol. The molecule has 1 amide bonds. The van der Waals surface area contributed by atoms with Crippen molar-refractivity contribution < 1.29 is 13.2 Å². The third kappa shape index (κ3) is 5.24. The molecule has 28 heavy (non-hydrogen) atoms. The van der Waals surface area contributed by atoms with Crippen molar-refractivity contribution in [3.8, 4) is 0 Å². The van der Waals surface area contributed by atoms with Crippen molar-refractivity contribution in [2.24, 2.45) is 0 Å². The summed E-state index contributed by atoms with van der Waals surface area (Å²) in [6.07, 6.45) is 3.10. The molecule has 2 aromatic carbocycles. The maximum atomic E-state index is 12.4. The first-order valence-corrected chi connectivity index (χ1v) is 10.3. The Hall–Kier alpha value is -3.04. The van der Waals surface area contributed by atoms with Crippen molar-refractivity contribution in [1.29, 1.82) is 0 Å². The first-order chi connectivity index (χ1) is 13.5. The fourth-order valence-corrected chi connectivity index (χ4v) is 3.52. The van der Waals surface area contributed by atoms with Crippen molar-refractivity contribution in [1.82, 2.24) is 24.8 Å². The van der Waals surface area contributed by atoms with Crippen LogP contribution in [0.1, 0.15) is 27.0 Å². The van der Waals surface area contributed by atoms with Gasteiger partial charge in [-0.3, -0.25) is 4.79 Å². The van der Waals surface area contributed by atoms with Crippen molar-refractivity contribution in [3.63, 3.8) is 0 Å². The second-order valence-corrected chi connectivity index (χ2v) is 8.13. The van der Waals surface area contributed by atoms with Crippen LogP contribution in [0.25, 0.3) is 0 Å². The van der Waals surface area contributed by atoms with Crippen LogP contribution in [0.3, 0.4) is 0 Å². The molecular weight excluding hydrogens is 378 g/mol. The lowest BCUT2D eigenvalue weighted by Gasteiger charge is -2.11. The zero-order valence-corrected chi connectivity index (χ0v) is 16.2. The molecule has 0 aliphatic heterocycles. The van der Waals surface area contributed by atoms with Crippen molar-refractivity contribution in [2.45, 2.75) is 18.8 Å². The zero-order chi connectivity index (χ0) is 20.0. The van der Waals surface area contributed by atoms with Gasteiger partial charge in [-0.25, -0.2) is 22.8 Å². The van der Waals surface area contributed by atoms with E-state index in [0.29, 0.717) is 17.7 Å². The van der Waals surface area contributed by atoms with Gasteiger partial charge in [-0.05, 0) is 35.9 Å². The minimum atomic E-state index is -3.39. The van der Waals surface area contributed by atoms with E-state index in [1.54, 1.807) is 35.3 Å². The molecule has 0 aliphatic rings. The standard InChI is InChI=1S/C19H21N5O3S/c1-20-28(26,27)12-18-5-3-2-4-17(18)10-22-19(25)16-8-6-15(7-9-16)11-24-14-21-13-23-24/h2-9,13-14,20H,10-12H2,1H3,(H,22,25). The van der Waals surface area contributed by atoms with Gasteiger partial charge >= 0.3 is 0 Å². The molecule has 0 saturated heterocycles. The lowest BCUT2D eigenvalue weighted by Crippen LogP contribution is -2.25. The van der Waals surface area contributed by atoms with Crippen LogP contribution >= 0.6 is 0 Å². The number of sulfonamides is 1. The molecule has 0 spiro atoms. The highest BCUT2D eigenvalue weighted by atomic mass is 32.2. The number of nitrogens with one attached hydrogen (secondary N) is 2. The smallest absolute Gasteiger partial charge is 0.251 e. The normalized spacial score (nSPS) is 11.3. The van der Waals surface area contributed by atoms with Crippen LogP contribution in [0.15, 0.2) is 61.2 Å². The van der Waals surface area contributed by atoms with E-state index in [2.05, 4.69) is 20.1 Å². The van der Waals surface area contributed by atoms with Gasteiger partial charge in [0.25, 0.3) is 5.91 Å². The number of amides is 1. The minimum absolute atomic E-state index is 0.132. The average molecular weight is 399 g/mol. The van der Waals surface area contributed by atoms with Crippen molar-refractivity contribution in [2.75, 3.05) is 7.05 Å². The molecule has 0 fully saturated rings. The van der Waals surface area contributed by atoms with Gasteiger partial charge in [0.1, 0.15) is 12.7 Å². The molecule has 146 valence electrons. The summed E-state index contributed by atoms with van der Waals surface area (Å²) >= 11 is 0. The van der Waals surface area contributed by atoms with Crippen molar-refractivity contribution in [3.05, 3.63) is 83.4 Å². The fraction of sp³-hybridized carbons (Fsp3) is 0.211. The van der Waals surface area contributed by atoms with Gasteiger partial charge in [0.15, 0.2) is 0 Å². The van der Waals surface area contributed by atoms with E-state index in [1.807, 2.05) is 24.3 Å². The van der Waals surface area contributed by atoms with E-state index < -0.39 is 10.0 Å². The highest BCUT2D eigenvalue weighted by Crippen LogP contribution is 2.13. The first-order valence-electron chi connectivity index (χ1n) is 8.64. The molecule has 2 N–H and O–H groups in total. The van der Waals surface area contributed by atoms with E-state index in [4.69, 9.17) is 0 Å². The van der Waals surface area contributed by atoms with Crippen LogP contribution < -0.4 is 10.0 Å². The molecule has 0 saturated carbocycles. The number of hydrogen-bond acceptors (Lipinski definition) is 5. The summed E-state index contributed by atoms with van der Waals surface area (Å²) in [7, 11) is -2.01. The summed E-state index contributed by atoms with van der Waals surface area (Å²) in [6, 6.07) is 14.4. The van der Waals surface area contributed by atoms with Gasteiger partial charge in [0.05, 0.1) is 12.3 Å². The summed E-state index contributed by atoms with van der Waals surface area (Å²) in [4.78, 5) is 16.3. The Morgan fingerprint density at radius 3 is 2.43 bits per heavy atom. The van der Waals surface area contributed by atoms with Gasteiger partial charge < -0.3 is 5.32 Å². The number of rotatable bonds is 8. The molecule has 3 rings (SSSR count). The highest BCUT2D eigenvalue weighted by molar-refractivity contribution is 7.88. The molecule has 0 radical (unpaired) electrons. The zero-order valence-electron chi connectivity index (χ0n) is 15.4. The second kappa shape index (κ2) is 8.77. The molecule has 0 unspecified atom stereocenters. The van der Waals surface area contributed by atoms with Crippen LogP contribution in [0.4, 0.5) is 0 Å². The highest BCUT2D eigenvalue weighted by Gasteiger charge is 2.13. The number of carbonyl (C=O) groups is 1. The Balaban J connectivity index is 1.63. The van der Waals surface area contributed by atoms with Crippen LogP contribution in [-0.2, 0) is 28.9 Å². The summed E-state index contributed by atoms with van der Waals surface area (Å²) < 4.78 is 27.6. The molecular formula is C19H21N5O3S. The van der Waals surface area contributed by atoms with Gasteiger partial charge in [-0.1, -0.05) is 36.4 Å². The van der Waals surface area contributed by atoms with E-state index in [0.717, 1.165) is 11.1 Å². The Kier molecular flexibility index (Phi) is 6.17. The lowest BCUT2D eigenvalue weighted by molar-refractivity contribution is 0.0951. The SMILES string of the molecule is CNS(=O)(=O)Cc1ccccc1CNC(=O)c1ccc(Cn2cncn2)cc1. The lowest BCUT2D eigenvalue weighted by atomic mass is 10.1. The van der Waals surface area contributed by atoms with Gasteiger partial charge in [0.2, 0.25) is 10.0 Å². The number of benzene rings is 2. The molecule has 0 aliphatic carbocycles. The van der Waals surface area contributed by atoms with Crippen LogP contribution in [0.5, 0.6) is 0 Å². The Bertz CT molecular complexity index is 1030. The van der Waals surface area contributed by atoms with Crippen LogP contribution in [-0.4, -0.2) is 36.1 Å². The van der Waals surface area contributed by atoms with E-state index in [9.17, 15) is 13.2 Å². The third-order valence-corrected chi connectivity index (χ3v) is 5.55. The topological polar surface area (TPSA) is 106 Å².